The van der Waals surface area contributed by atoms with Crippen molar-refractivity contribution in [3.8, 4) is 0 Å². The van der Waals surface area contributed by atoms with Gasteiger partial charge in [-0.05, 0) is 51.4 Å². The molecule has 1 fully saturated rings. The number of halogens is 1. The molecule has 1 atom stereocenters. The molecule has 4 heteroatoms. The minimum atomic E-state index is 0.639. The van der Waals surface area contributed by atoms with Crippen molar-refractivity contribution in [3.05, 3.63) is 17.6 Å². The number of nitrogens with zero attached hydrogens (tertiary/aromatic N) is 3. The molecule has 2 aliphatic rings. The summed E-state index contributed by atoms with van der Waals surface area (Å²) >= 11 is 5.84. The number of fused-ring (bicyclic) bond motifs is 1. The molecule has 1 unspecified atom stereocenters. The monoisotopic (exact) mass is 279 g/mol. The summed E-state index contributed by atoms with van der Waals surface area (Å²) in [5.74, 6) is 1.99. The molecule has 2 heterocycles. The van der Waals surface area contributed by atoms with Gasteiger partial charge >= 0.3 is 0 Å². The third kappa shape index (κ3) is 2.71. The van der Waals surface area contributed by atoms with E-state index in [9.17, 15) is 0 Å². The first kappa shape index (κ1) is 13.2. The van der Waals surface area contributed by atoms with E-state index in [1.807, 2.05) is 0 Å². The van der Waals surface area contributed by atoms with Crippen molar-refractivity contribution in [2.24, 2.45) is 0 Å². The smallest absolute Gasteiger partial charge is 0.135 e. The highest BCUT2D eigenvalue weighted by Crippen LogP contribution is 2.32. The number of aryl methyl sites for hydroxylation is 1. The van der Waals surface area contributed by atoms with Crippen LogP contribution in [0.1, 0.15) is 49.8 Å². The summed E-state index contributed by atoms with van der Waals surface area (Å²) < 4.78 is 0. The van der Waals surface area contributed by atoms with Gasteiger partial charge < -0.3 is 4.90 Å². The van der Waals surface area contributed by atoms with Crippen molar-refractivity contribution in [1.29, 1.82) is 0 Å². The second kappa shape index (κ2) is 6.08. The van der Waals surface area contributed by atoms with E-state index >= 15 is 0 Å². The quantitative estimate of drug-likeness (QED) is 0.792. The van der Waals surface area contributed by atoms with Crippen LogP contribution in [0.15, 0.2) is 6.33 Å². The fourth-order valence-electron chi connectivity index (χ4n) is 3.48. The van der Waals surface area contributed by atoms with Gasteiger partial charge in [0.15, 0.2) is 0 Å². The van der Waals surface area contributed by atoms with E-state index in [0.717, 1.165) is 31.7 Å². The maximum absolute atomic E-state index is 5.84. The van der Waals surface area contributed by atoms with E-state index in [-0.39, 0.29) is 0 Å². The normalized spacial score (nSPS) is 22.6. The van der Waals surface area contributed by atoms with Crippen LogP contribution in [0.2, 0.25) is 0 Å². The third-order valence-electron chi connectivity index (χ3n) is 4.42. The van der Waals surface area contributed by atoms with Crippen LogP contribution in [0, 0.1) is 0 Å². The summed E-state index contributed by atoms with van der Waals surface area (Å²) in [5.41, 5.74) is 2.71. The van der Waals surface area contributed by atoms with Crippen molar-refractivity contribution in [2.75, 3.05) is 17.3 Å². The van der Waals surface area contributed by atoms with Crippen LogP contribution >= 0.6 is 11.6 Å². The topological polar surface area (TPSA) is 29.0 Å². The van der Waals surface area contributed by atoms with Gasteiger partial charge in [-0.1, -0.05) is 0 Å². The number of anilines is 1. The summed E-state index contributed by atoms with van der Waals surface area (Å²) in [6.07, 6.45) is 11.5. The molecule has 1 aliphatic heterocycles. The first-order valence-electron chi connectivity index (χ1n) is 7.55. The third-order valence-corrected chi connectivity index (χ3v) is 4.69. The molecule has 1 aliphatic carbocycles. The Labute approximate surface area is 120 Å². The van der Waals surface area contributed by atoms with Gasteiger partial charge in [0.25, 0.3) is 0 Å². The first-order chi connectivity index (χ1) is 9.40. The highest BCUT2D eigenvalue weighted by molar-refractivity contribution is 6.17. The van der Waals surface area contributed by atoms with Crippen LogP contribution in [-0.2, 0) is 12.8 Å². The van der Waals surface area contributed by atoms with Gasteiger partial charge in [0.1, 0.15) is 12.1 Å². The van der Waals surface area contributed by atoms with Gasteiger partial charge in [0.2, 0.25) is 0 Å². The van der Waals surface area contributed by atoms with Gasteiger partial charge in [-0.3, -0.25) is 0 Å². The van der Waals surface area contributed by atoms with Gasteiger partial charge in [0, 0.05) is 29.7 Å². The molecule has 1 aromatic heterocycles. The van der Waals surface area contributed by atoms with Crippen LogP contribution in [0.25, 0.3) is 0 Å². The zero-order chi connectivity index (χ0) is 13.1. The predicted octanol–water partition coefficient (Wildman–Crippen LogP) is 3.34. The van der Waals surface area contributed by atoms with Crippen molar-refractivity contribution < 1.29 is 0 Å². The van der Waals surface area contributed by atoms with E-state index in [0.29, 0.717) is 6.04 Å². The van der Waals surface area contributed by atoms with Gasteiger partial charge in [-0.15, -0.1) is 11.6 Å². The summed E-state index contributed by atoms with van der Waals surface area (Å²) in [5, 5.41) is 0. The molecule has 1 saturated heterocycles. The van der Waals surface area contributed by atoms with Crippen LogP contribution in [0.4, 0.5) is 5.82 Å². The summed E-state index contributed by atoms with van der Waals surface area (Å²) in [6, 6.07) is 0.639. The van der Waals surface area contributed by atoms with Crippen molar-refractivity contribution in [3.63, 3.8) is 0 Å². The van der Waals surface area contributed by atoms with Crippen molar-refractivity contribution in [1.82, 2.24) is 9.97 Å². The van der Waals surface area contributed by atoms with Gasteiger partial charge in [-0.2, -0.15) is 0 Å². The summed E-state index contributed by atoms with van der Waals surface area (Å²) in [7, 11) is 0. The molecule has 0 amide bonds. The average molecular weight is 280 g/mol. The molecule has 19 heavy (non-hydrogen) atoms. The van der Waals surface area contributed by atoms with Crippen molar-refractivity contribution in [2.45, 2.75) is 57.4 Å². The molecule has 0 radical (unpaired) electrons. The minimum Gasteiger partial charge on any atom is -0.353 e. The fourth-order valence-corrected chi connectivity index (χ4v) is 3.63. The molecule has 1 aromatic rings. The molecular formula is C15H22ClN3. The van der Waals surface area contributed by atoms with Crippen LogP contribution in [0.5, 0.6) is 0 Å². The Balaban J connectivity index is 1.84. The fraction of sp³-hybridized carbons (Fsp3) is 0.733. The standard InChI is InChI=1S/C15H22ClN3/c16-9-3-5-12-6-4-10-19(12)15-13-7-1-2-8-14(13)17-11-18-15/h11-12H,1-10H2. The Morgan fingerprint density at radius 2 is 2.11 bits per heavy atom. The zero-order valence-corrected chi connectivity index (χ0v) is 12.2. The van der Waals surface area contributed by atoms with Crippen LogP contribution < -0.4 is 4.90 Å². The maximum atomic E-state index is 5.84. The zero-order valence-electron chi connectivity index (χ0n) is 11.4. The Hall–Kier alpha value is -0.830. The molecule has 0 N–H and O–H groups in total. The van der Waals surface area contributed by atoms with Crippen LogP contribution in [-0.4, -0.2) is 28.4 Å². The van der Waals surface area contributed by atoms with E-state index < -0.39 is 0 Å². The lowest BCUT2D eigenvalue weighted by molar-refractivity contribution is 0.589. The minimum absolute atomic E-state index is 0.639. The molecule has 0 bridgehead atoms. The Kier molecular flexibility index (Phi) is 4.21. The lowest BCUT2D eigenvalue weighted by Crippen LogP contribution is -2.31. The number of hydrogen-bond acceptors (Lipinski definition) is 3. The summed E-state index contributed by atoms with van der Waals surface area (Å²) in [4.78, 5) is 11.6. The molecule has 104 valence electrons. The predicted molar refractivity (Wildman–Crippen MR) is 79.0 cm³/mol. The SMILES string of the molecule is ClCCCC1CCCN1c1ncnc2c1CCCC2. The lowest BCUT2D eigenvalue weighted by atomic mass is 9.96. The van der Waals surface area contributed by atoms with Gasteiger partial charge in [0.05, 0.1) is 0 Å². The van der Waals surface area contributed by atoms with E-state index in [2.05, 4.69) is 14.9 Å². The second-order valence-electron chi connectivity index (χ2n) is 5.65. The van der Waals surface area contributed by atoms with E-state index in [1.165, 1.54) is 49.2 Å². The molecule has 3 rings (SSSR count). The molecular weight excluding hydrogens is 258 g/mol. The maximum Gasteiger partial charge on any atom is 0.135 e. The lowest BCUT2D eigenvalue weighted by Gasteiger charge is -2.29. The Bertz CT molecular complexity index is 435. The van der Waals surface area contributed by atoms with Gasteiger partial charge in [-0.25, -0.2) is 9.97 Å². The second-order valence-corrected chi connectivity index (χ2v) is 6.03. The molecule has 3 nitrogen and oxygen atoms in total. The summed E-state index contributed by atoms with van der Waals surface area (Å²) in [6.45, 7) is 1.15. The highest BCUT2D eigenvalue weighted by Gasteiger charge is 2.28. The largest absolute Gasteiger partial charge is 0.353 e. The molecule has 0 aromatic carbocycles. The van der Waals surface area contributed by atoms with E-state index in [4.69, 9.17) is 11.6 Å². The highest BCUT2D eigenvalue weighted by atomic mass is 35.5. The first-order valence-corrected chi connectivity index (χ1v) is 8.09. The number of rotatable bonds is 4. The molecule has 0 spiro atoms. The van der Waals surface area contributed by atoms with E-state index in [1.54, 1.807) is 6.33 Å². The Morgan fingerprint density at radius 1 is 1.21 bits per heavy atom. The van der Waals surface area contributed by atoms with Crippen molar-refractivity contribution >= 4 is 17.4 Å². The van der Waals surface area contributed by atoms with Crippen LogP contribution in [0.3, 0.4) is 0 Å². The molecule has 0 saturated carbocycles. The number of hydrogen-bond donors (Lipinski definition) is 0. The average Bonchev–Trinajstić information content (AvgIpc) is 2.92. The Morgan fingerprint density at radius 3 is 3.00 bits per heavy atom. The number of alkyl halides is 1. The number of aromatic nitrogens is 2.